The van der Waals surface area contributed by atoms with Gasteiger partial charge in [-0.15, -0.1) is 0 Å². The molecule has 0 amide bonds. The Morgan fingerprint density at radius 3 is 2.26 bits per heavy atom. The molecule has 0 saturated carbocycles. The molecule has 0 aliphatic heterocycles. The molecular weight excluding hydrogens is 291 g/mol. The molecule has 0 radical (unpaired) electrons. The molecule has 1 unspecified atom stereocenters. The Bertz CT molecular complexity index is 652. The Balaban J connectivity index is 1.83. The van der Waals surface area contributed by atoms with E-state index in [-0.39, 0.29) is 11.6 Å². The highest BCUT2D eigenvalue weighted by molar-refractivity contribution is 5.41. The maximum atomic E-state index is 13.3. The summed E-state index contributed by atoms with van der Waals surface area (Å²) < 4.78 is 18.4. The quantitative estimate of drug-likeness (QED) is 0.774. The summed E-state index contributed by atoms with van der Waals surface area (Å²) in [6, 6.07) is 10.9. The van der Waals surface area contributed by atoms with Crippen LogP contribution in [0.25, 0.3) is 0 Å². The number of phenols is 1. The smallest absolute Gasteiger partial charge is 0.160 e. The lowest BCUT2D eigenvalue weighted by Crippen LogP contribution is -2.00. The number of aromatic hydroxyl groups is 1. The van der Waals surface area contributed by atoms with Crippen LogP contribution < -0.4 is 4.74 Å². The van der Waals surface area contributed by atoms with Crippen molar-refractivity contribution < 1.29 is 14.2 Å². The lowest BCUT2D eigenvalue weighted by atomic mass is 9.94. The summed E-state index contributed by atoms with van der Waals surface area (Å²) in [4.78, 5) is 0. The molecular formula is C20H25FO2. The standard InChI is InChI=1S/C20H25FO2/c1-14(4-6-16-8-10-18(21)15(2)12-16)5-7-17-9-11-19(22)20(13-17)23-3/h8-14,22H,4-7H2,1-3H3. The van der Waals surface area contributed by atoms with Crippen LogP contribution in [-0.4, -0.2) is 12.2 Å². The van der Waals surface area contributed by atoms with Crippen molar-refractivity contribution in [3.63, 3.8) is 0 Å². The van der Waals surface area contributed by atoms with Gasteiger partial charge in [0.1, 0.15) is 5.82 Å². The van der Waals surface area contributed by atoms with Gasteiger partial charge in [0.25, 0.3) is 0 Å². The van der Waals surface area contributed by atoms with Crippen LogP contribution in [-0.2, 0) is 12.8 Å². The minimum Gasteiger partial charge on any atom is -0.504 e. The predicted octanol–water partition coefficient (Wildman–Crippen LogP) is 5.05. The lowest BCUT2D eigenvalue weighted by molar-refractivity contribution is 0.372. The molecule has 0 saturated heterocycles. The van der Waals surface area contributed by atoms with E-state index in [1.807, 2.05) is 24.3 Å². The number of ether oxygens (including phenoxy) is 1. The molecule has 0 bridgehead atoms. The number of aryl methyl sites for hydroxylation is 3. The molecule has 1 atom stereocenters. The Kier molecular flexibility index (Phi) is 6.03. The van der Waals surface area contributed by atoms with E-state index in [1.54, 1.807) is 26.2 Å². The van der Waals surface area contributed by atoms with Gasteiger partial charge in [-0.2, -0.15) is 0 Å². The van der Waals surface area contributed by atoms with Gasteiger partial charge in [-0.1, -0.05) is 25.1 Å². The van der Waals surface area contributed by atoms with Crippen LogP contribution >= 0.6 is 0 Å². The average molecular weight is 316 g/mol. The summed E-state index contributed by atoms with van der Waals surface area (Å²) in [7, 11) is 1.56. The molecule has 23 heavy (non-hydrogen) atoms. The van der Waals surface area contributed by atoms with Gasteiger partial charge in [0.2, 0.25) is 0 Å². The Morgan fingerprint density at radius 2 is 1.65 bits per heavy atom. The maximum Gasteiger partial charge on any atom is 0.160 e. The van der Waals surface area contributed by atoms with E-state index in [9.17, 15) is 9.50 Å². The van der Waals surface area contributed by atoms with Gasteiger partial charge < -0.3 is 9.84 Å². The van der Waals surface area contributed by atoms with E-state index in [2.05, 4.69) is 6.92 Å². The molecule has 1 N–H and O–H groups in total. The van der Waals surface area contributed by atoms with Gasteiger partial charge in [-0.3, -0.25) is 0 Å². The molecule has 2 aromatic carbocycles. The first-order chi connectivity index (χ1) is 11.0. The van der Waals surface area contributed by atoms with Crippen LogP contribution in [0.1, 0.15) is 36.5 Å². The minimum absolute atomic E-state index is 0.136. The molecule has 0 aliphatic carbocycles. The minimum atomic E-state index is -0.136. The van der Waals surface area contributed by atoms with Crippen molar-refractivity contribution in [3.05, 3.63) is 58.9 Å². The van der Waals surface area contributed by atoms with E-state index < -0.39 is 0 Å². The zero-order valence-electron chi connectivity index (χ0n) is 14.1. The maximum absolute atomic E-state index is 13.3. The summed E-state index contributed by atoms with van der Waals surface area (Å²) in [6.45, 7) is 4.05. The predicted molar refractivity (Wildman–Crippen MR) is 91.6 cm³/mol. The summed E-state index contributed by atoms with van der Waals surface area (Å²) in [6.07, 6.45) is 4.09. The van der Waals surface area contributed by atoms with Crippen molar-refractivity contribution in [3.8, 4) is 11.5 Å². The summed E-state index contributed by atoms with van der Waals surface area (Å²) in [5.74, 6) is 1.15. The number of hydrogen-bond donors (Lipinski definition) is 1. The molecule has 0 aromatic heterocycles. The second-order valence-corrected chi connectivity index (χ2v) is 6.27. The first-order valence-electron chi connectivity index (χ1n) is 8.10. The molecule has 2 aromatic rings. The fourth-order valence-electron chi connectivity index (χ4n) is 2.71. The third kappa shape index (κ3) is 4.98. The third-order valence-electron chi connectivity index (χ3n) is 4.32. The first-order valence-corrected chi connectivity index (χ1v) is 8.10. The van der Waals surface area contributed by atoms with Gasteiger partial charge in [0.15, 0.2) is 11.5 Å². The van der Waals surface area contributed by atoms with Crippen molar-refractivity contribution in [2.75, 3.05) is 7.11 Å². The van der Waals surface area contributed by atoms with Gasteiger partial charge in [-0.25, -0.2) is 4.39 Å². The van der Waals surface area contributed by atoms with Gasteiger partial charge in [-0.05, 0) is 73.4 Å². The normalized spacial score (nSPS) is 12.2. The topological polar surface area (TPSA) is 29.5 Å². The Hall–Kier alpha value is -2.03. The molecule has 2 rings (SSSR count). The zero-order valence-corrected chi connectivity index (χ0v) is 14.1. The van der Waals surface area contributed by atoms with Crippen LogP contribution in [0.4, 0.5) is 4.39 Å². The van der Waals surface area contributed by atoms with Crippen molar-refractivity contribution in [1.29, 1.82) is 0 Å². The van der Waals surface area contributed by atoms with Gasteiger partial charge in [0, 0.05) is 0 Å². The average Bonchev–Trinajstić information content (AvgIpc) is 2.55. The zero-order chi connectivity index (χ0) is 16.8. The van der Waals surface area contributed by atoms with Crippen LogP contribution in [0, 0.1) is 18.7 Å². The van der Waals surface area contributed by atoms with E-state index >= 15 is 0 Å². The highest BCUT2D eigenvalue weighted by Gasteiger charge is 2.07. The van der Waals surface area contributed by atoms with E-state index in [4.69, 9.17) is 4.74 Å². The van der Waals surface area contributed by atoms with Crippen molar-refractivity contribution in [2.24, 2.45) is 5.92 Å². The van der Waals surface area contributed by atoms with E-state index in [0.29, 0.717) is 17.2 Å². The van der Waals surface area contributed by atoms with Crippen LogP contribution in [0.5, 0.6) is 11.5 Å². The number of benzene rings is 2. The molecule has 0 spiro atoms. The van der Waals surface area contributed by atoms with Gasteiger partial charge in [0.05, 0.1) is 7.11 Å². The number of hydrogen-bond acceptors (Lipinski definition) is 2. The fraction of sp³-hybridized carbons (Fsp3) is 0.400. The summed E-state index contributed by atoms with van der Waals surface area (Å²) in [5.41, 5.74) is 3.08. The molecule has 0 heterocycles. The molecule has 0 aliphatic rings. The number of phenolic OH excluding ortho intramolecular Hbond substituents is 1. The first kappa shape index (κ1) is 17.3. The van der Waals surface area contributed by atoms with Crippen LogP contribution in [0.15, 0.2) is 36.4 Å². The second kappa shape index (κ2) is 8.00. The molecule has 124 valence electrons. The highest BCUT2D eigenvalue weighted by atomic mass is 19.1. The Labute approximate surface area is 137 Å². The summed E-state index contributed by atoms with van der Waals surface area (Å²) >= 11 is 0. The SMILES string of the molecule is COc1cc(CCC(C)CCc2ccc(F)c(C)c2)ccc1O. The third-order valence-corrected chi connectivity index (χ3v) is 4.32. The molecule has 2 nitrogen and oxygen atoms in total. The summed E-state index contributed by atoms with van der Waals surface area (Å²) in [5, 5.41) is 9.61. The largest absolute Gasteiger partial charge is 0.504 e. The fourth-order valence-corrected chi connectivity index (χ4v) is 2.71. The van der Waals surface area contributed by atoms with Crippen LogP contribution in [0.3, 0.4) is 0 Å². The van der Waals surface area contributed by atoms with Crippen molar-refractivity contribution in [2.45, 2.75) is 39.5 Å². The number of rotatable bonds is 7. The van der Waals surface area contributed by atoms with Crippen molar-refractivity contribution in [1.82, 2.24) is 0 Å². The monoisotopic (exact) mass is 316 g/mol. The lowest BCUT2D eigenvalue weighted by Gasteiger charge is -2.12. The Morgan fingerprint density at radius 1 is 1.04 bits per heavy atom. The molecule has 3 heteroatoms. The van der Waals surface area contributed by atoms with Gasteiger partial charge >= 0.3 is 0 Å². The second-order valence-electron chi connectivity index (χ2n) is 6.27. The molecule has 0 fully saturated rings. The highest BCUT2D eigenvalue weighted by Crippen LogP contribution is 2.27. The van der Waals surface area contributed by atoms with E-state index in [0.717, 1.165) is 25.7 Å². The van der Waals surface area contributed by atoms with E-state index in [1.165, 1.54) is 11.1 Å². The van der Waals surface area contributed by atoms with Crippen molar-refractivity contribution >= 4 is 0 Å². The number of halogens is 1. The number of methoxy groups -OCH3 is 1. The van der Waals surface area contributed by atoms with Crippen LogP contribution in [0.2, 0.25) is 0 Å².